The first kappa shape index (κ1) is 9.98. The number of hydrogen-bond acceptors (Lipinski definition) is 4. The third-order valence-electron chi connectivity index (χ3n) is 1.67. The van der Waals surface area contributed by atoms with Crippen molar-refractivity contribution in [2.45, 2.75) is 24.1 Å². The number of aromatic nitrogens is 1. The highest BCUT2D eigenvalue weighted by Crippen LogP contribution is 2.14. The zero-order chi connectivity index (χ0) is 10.1. The molecule has 0 unspecified atom stereocenters. The van der Waals surface area contributed by atoms with Gasteiger partial charge in [0.2, 0.25) is 0 Å². The minimum Gasteiger partial charge on any atom is -0.399 e. The van der Waals surface area contributed by atoms with Gasteiger partial charge in [0.05, 0.1) is 5.25 Å². The number of nitrogen functional groups attached to an aromatic ring is 1. The second-order valence-corrected chi connectivity index (χ2v) is 5.47. The second kappa shape index (κ2) is 3.33. The summed E-state index contributed by atoms with van der Waals surface area (Å²) < 4.78 is 23.1. The fourth-order valence-electron chi connectivity index (χ4n) is 0.822. The summed E-state index contributed by atoms with van der Waals surface area (Å²) in [6.07, 6.45) is 1.39. The molecule has 0 bridgehead atoms. The van der Waals surface area contributed by atoms with Gasteiger partial charge in [0.25, 0.3) is 0 Å². The van der Waals surface area contributed by atoms with Gasteiger partial charge in [0.15, 0.2) is 14.9 Å². The maximum atomic E-state index is 11.6. The number of hydrogen-bond donors (Lipinski definition) is 1. The van der Waals surface area contributed by atoms with Crippen LogP contribution in [0.2, 0.25) is 0 Å². The van der Waals surface area contributed by atoms with Gasteiger partial charge in [0.1, 0.15) is 0 Å². The Balaban J connectivity index is 3.24. The molecule has 0 aliphatic carbocycles. The minimum atomic E-state index is -3.29. The van der Waals surface area contributed by atoms with Crippen molar-refractivity contribution in [2.75, 3.05) is 5.73 Å². The highest BCUT2D eigenvalue weighted by molar-refractivity contribution is 7.91. The van der Waals surface area contributed by atoms with Crippen LogP contribution >= 0.6 is 0 Å². The smallest absolute Gasteiger partial charge is 0.197 e. The van der Waals surface area contributed by atoms with E-state index in [1.54, 1.807) is 19.9 Å². The monoisotopic (exact) mass is 200 g/mol. The van der Waals surface area contributed by atoms with E-state index in [4.69, 9.17) is 5.73 Å². The molecule has 1 heterocycles. The molecule has 0 aliphatic rings. The highest BCUT2D eigenvalue weighted by atomic mass is 32.2. The van der Waals surface area contributed by atoms with Crippen LogP contribution in [-0.2, 0) is 9.84 Å². The molecule has 0 atom stereocenters. The van der Waals surface area contributed by atoms with Gasteiger partial charge in [-0.05, 0) is 26.0 Å². The molecule has 0 amide bonds. The molecule has 2 N–H and O–H groups in total. The van der Waals surface area contributed by atoms with Crippen molar-refractivity contribution in [3.63, 3.8) is 0 Å². The molecule has 5 heteroatoms. The van der Waals surface area contributed by atoms with E-state index in [1.807, 2.05) is 0 Å². The molecule has 0 fully saturated rings. The second-order valence-electron chi connectivity index (χ2n) is 3.02. The summed E-state index contributed by atoms with van der Waals surface area (Å²) in [5.41, 5.74) is 5.86. The maximum Gasteiger partial charge on any atom is 0.197 e. The predicted molar refractivity (Wildman–Crippen MR) is 51.0 cm³/mol. The Labute approximate surface area is 77.7 Å². The Morgan fingerprint density at radius 1 is 1.46 bits per heavy atom. The maximum absolute atomic E-state index is 11.6. The standard InChI is InChI=1S/C8H12N2O2S/c1-6(2)13(11,12)8-5-7(9)3-4-10-8/h3-6H,1-2H3,(H2,9,10). The van der Waals surface area contributed by atoms with Crippen LogP contribution in [0.1, 0.15) is 13.8 Å². The predicted octanol–water partition coefficient (Wildman–Crippen LogP) is 0.846. The summed E-state index contributed by atoms with van der Waals surface area (Å²) >= 11 is 0. The van der Waals surface area contributed by atoms with Crippen molar-refractivity contribution in [2.24, 2.45) is 0 Å². The first-order valence-corrected chi connectivity index (χ1v) is 5.44. The van der Waals surface area contributed by atoms with E-state index >= 15 is 0 Å². The molecule has 0 aliphatic heterocycles. The van der Waals surface area contributed by atoms with Gasteiger partial charge >= 0.3 is 0 Å². The SMILES string of the molecule is CC(C)S(=O)(=O)c1cc(N)ccn1. The molecule has 0 radical (unpaired) electrons. The normalized spacial score (nSPS) is 11.9. The van der Waals surface area contributed by atoms with Crippen LogP contribution in [0.15, 0.2) is 23.4 Å². The Kier molecular flexibility index (Phi) is 2.56. The molecular formula is C8H12N2O2S. The lowest BCUT2D eigenvalue weighted by Crippen LogP contribution is -2.15. The molecule has 0 saturated carbocycles. The van der Waals surface area contributed by atoms with Gasteiger partial charge in [0, 0.05) is 11.9 Å². The Hall–Kier alpha value is -1.10. The van der Waals surface area contributed by atoms with E-state index in [9.17, 15) is 8.42 Å². The van der Waals surface area contributed by atoms with Crippen LogP contribution in [0.3, 0.4) is 0 Å². The largest absolute Gasteiger partial charge is 0.399 e. The van der Waals surface area contributed by atoms with Crippen LogP contribution < -0.4 is 5.73 Å². The average Bonchev–Trinajstić information content (AvgIpc) is 2.04. The van der Waals surface area contributed by atoms with Crippen LogP contribution in [-0.4, -0.2) is 18.7 Å². The lowest BCUT2D eigenvalue weighted by atomic mass is 10.4. The summed E-state index contributed by atoms with van der Waals surface area (Å²) in [7, 11) is -3.29. The van der Waals surface area contributed by atoms with Crippen molar-refractivity contribution in [3.05, 3.63) is 18.3 Å². The molecule has 4 nitrogen and oxygen atoms in total. The van der Waals surface area contributed by atoms with Crippen LogP contribution in [0, 0.1) is 0 Å². The summed E-state index contributed by atoms with van der Waals surface area (Å²) in [5.74, 6) is 0. The van der Waals surface area contributed by atoms with Crippen molar-refractivity contribution < 1.29 is 8.42 Å². The van der Waals surface area contributed by atoms with Gasteiger partial charge < -0.3 is 5.73 Å². The third kappa shape index (κ3) is 1.98. The number of sulfone groups is 1. The van der Waals surface area contributed by atoms with Gasteiger partial charge in [-0.1, -0.05) is 0 Å². The number of pyridine rings is 1. The van der Waals surface area contributed by atoms with E-state index in [0.29, 0.717) is 5.69 Å². The van der Waals surface area contributed by atoms with Crippen LogP contribution in [0.5, 0.6) is 0 Å². The summed E-state index contributed by atoms with van der Waals surface area (Å²) in [4.78, 5) is 3.76. The van der Waals surface area contributed by atoms with Crippen molar-refractivity contribution in [1.29, 1.82) is 0 Å². The van der Waals surface area contributed by atoms with Gasteiger partial charge in [-0.2, -0.15) is 0 Å². The quantitative estimate of drug-likeness (QED) is 0.768. The molecule has 0 spiro atoms. The minimum absolute atomic E-state index is 0.0440. The number of anilines is 1. The van der Waals surface area contributed by atoms with Crippen LogP contribution in [0.25, 0.3) is 0 Å². The van der Waals surface area contributed by atoms with Crippen molar-refractivity contribution in [3.8, 4) is 0 Å². The van der Waals surface area contributed by atoms with E-state index in [0.717, 1.165) is 0 Å². The molecule has 1 aromatic heterocycles. The van der Waals surface area contributed by atoms with Gasteiger partial charge in [-0.3, -0.25) is 0 Å². The fraction of sp³-hybridized carbons (Fsp3) is 0.375. The highest BCUT2D eigenvalue weighted by Gasteiger charge is 2.20. The number of rotatable bonds is 2. The molecule has 1 aromatic rings. The van der Waals surface area contributed by atoms with Crippen molar-refractivity contribution >= 4 is 15.5 Å². The molecule has 13 heavy (non-hydrogen) atoms. The van der Waals surface area contributed by atoms with E-state index in [1.165, 1.54) is 12.3 Å². The average molecular weight is 200 g/mol. The topological polar surface area (TPSA) is 73.0 Å². The molecular weight excluding hydrogens is 188 g/mol. The first-order chi connectivity index (χ1) is 5.94. The summed E-state index contributed by atoms with van der Waals surface area (Å²) in [6.45, 7) is 3.22. The first-order valence-electron chi connectivity index (χ1n) is 3.90. The summed E-state index contributed by atoms with van der Waals surface area (Å²) in [5, 5.41) is -0.427. The molecule has 72 valence electrons. The molecule has 0 saturated heterocycles. The van der Waals surface area contributed by atoms with E-state index in [2.05, 4.69) is 4.98 Å². The number of nitrogens with zero attached hydrogens (tertiary/aromatic N) is 1. The molecule has 1 rings (SSSR count). The van der Waals surface area contributed by atoms with Gasteiger partial charge in [-0.15, -0.1) is 0 Å². The third-order valence-corrected chi connectivity index (χ3v) is 3.72. The zero-order valence-electron chi connectivity index (χ0n) is 7.56. The van der Waals surface area contributed by atoms with Crippen LogP contribution in [0.4, 0.5) is 5.69 Å². The lowest BCUT2D eigenvalue weighted by Gasteiger charge is -2.06. The Bertz CT molecular complexity index is 398. The zero-order valence-corrected chi connectivity index (χ0v) is 8.38. The fourth-order valence-corrected chi connectivity index (χ4v) is 1.81. The molecule has 0 aromatic carbocycles. The Morgan fingerprint density at radius 3 is 2.54 bits per heavy atom. The van der Waals surface area contributed by atoms with Crippen molar-refractivity contribution in [1.82, 2.24) is 4.98 Å². The summed E-state index contributed by atoms with van der Waals surface area (Å²) in [6, 6.07) is 2.93. The lowest BCUT2D eigenvalue weighted by molar-refractivity contribution is 0.583. The Morgan fingerprint density at radius 2 is 2.08 bits per heavy atom. The van der Waals surface area contributed by atoms with Gasteiger partial charge in [-0.25, -0.2) is 13.4 Å². The van der Waals surface area contributed by atoms with E-state index < -0.39 is 15.1 Å². The van der Waals surface area contributed by atoms with E-state index in [-0.39, 0.29) is 5.03 Å². The number of nitrogens with two attached hydrogens (primary N) is 1.